The lowest BCUT2D eigenvalue weighted by Gasteiger charge is -2.09. The van der Waals surface area contributed by atoms with E-state index in [1.807, 2.05) is 44.4 Å². The van der Waals surface area contributed by atoms with Crippen molar-refractivity contribution in [1.29, 1.82) is 0 Å². The highest BCUT2D eigenvalue weighted by atomic mass is 35.9. The number of amidine groups is 1. The number of guanidine groups is 1. The number of anilines is 1. The Bertz CT molecular complexity index is 589. The average molecular weight is 416 g/mol. The molecule has 0 atom stereocenters. The highest BCUT2D eigenvalue weighted by Crippen LogP contribution is 2.46. The fraction of sp³-hybridized carbons (Fsp3) is 0.429. The second kappa shape index (κ2) is 11.7. The first-order valence-electron chi connectivity index (χ1n) is 7.14. The topological polar surface area (TPSA) is 70.8 Å². The van der Waals surface area contributed by atoms with E-state index in [-0.39, 0.29) is 0 Å². The molecule has 0 saturated heterocycles. The van der Waals surface area contributed by atoms with Gasteiger partial charge in [-0.05, 0) is 42.6 Å². The second-order valence-corrected chi connectivity index (χ2v) is 9.03. The molecule has 1 N–H and O–H groups in total. The van der Waals surface area contributed by atoms with Gasteiger partial charge < -0.3 is 14.4 Å². The Morgan fingerprint density at radius 1 is 1.25 bits per heavy atom. The van der Waals surface area contributed by atoms with Crippen molar-refractivity contribution in [1.82, 2.24) is 4.90 Å². The van der Waals surface area contributed by atoms with Crippen LogP contribution in [0.15, 0.2) is 35.3 Å². The van der Waals surface area contributed by atoms with Gasteiger partial charge in [0.05, 0.1) is 18.8 Å². The molecule has 136 valence electrons. The Morgan fingerprint density at radius 3 is 2.08 bits per heavy atom. The van der Waals surface area contributed by atoms with E-state index >= 15 is 0 Å². The third kappa shape index (κ3) is 11.7. The summed E-state index contributed by atoms with van der Waals surface area (Å²) in [5.41, 5.74) is 0.997. The smallest absolute Gasteiger partial charge is 0.394 e. The quantitative estimate of drug-likeness (QED) is 0.269. The maximum Gasteiger partial charge on any atom is 0.394 e. The monoisotopic (exact) mass is 414 g/mol. The molecule has 24 heavy (non-hydrogen) atoms. The zero-order valence-corrected chi connectivity index (χ0v) is 17.2. The number of para-hydroxylation sites is 1. The third-order valence-electron chi connectivity index (χ3n) is 2.66. The lowest BCUT2D eigenvalue weighted by atomic mass is 10.3. The number of hydrogen-bond donors (Lipinski definition) is 1. The molecule has 0 aliphatic heterocycles. The fourth-order valence-corrected chi connectivity index (χ4v) is 1.62. The van der Waals surface area contributed by atoms with Crippen LogP contribution in [0.3, 0.4) is 0 Å². The first kappa shape index (κ1) is 23.2. The molecule has 1 aromatic carbocycles. The summed E-state index contributed by atoms with van der Waals surface area (Å²) in [7, 11) is 3.74. The number of aliphatic imine (C=N–C) groups is 1. The van der Waals surface area contributed by atoms with Gasteiger partial charge in [-0.1, -0.05) is 40.7 Å². The van der Waals surface area contributed by atoms with Gasteiger partial charge in [-0.25, -0.2) is 5.32 Å². The van der Waals surface area contributed by atoms with Crippen molar-refractivity contribution >= 4 is 57.1 Å². The first-order chi connectivity index (χ1) is 11.1. The van der Waals surface area contributed by atoms with Gasteiger partial charge in [0.25, 0.3) is 5.29 Å². The molecule has 0 aromatic heterocycles. The van der Waals surface area contributed by atoms with E-state index in [4.69, 9.17) is 11.6 Å². The lowest BCUT2D eigenvalue weighted by molar-refractivity contribution is -0.521. The van der Waals surface area contributed by atoms with E-state index in [2.05, 4.69) is 51.2 Å². The molecule has 0 radical (unpaired) electrons. The number of rotatable bonds is 3. The summed E-state index contributed by atoms with van der Waals surface area (Å²) in [5, 5.41) is 3.76. The number of nitrogens with one attached hydrogen (secondary N) is 1. The SMILES string of the molecule is CC[N+](CC)=C(/N=C(\Cl)N(C)C)Nc1ccccc1.O=P([O-])(Cl)Cl. The maximum absolute atomic E-state index is 9.19. The predicted molar refractivity (Wildman–Crippen MR) is 103 cm³/mol. The van der Waals surface area contributed by atoms with Crippen LogP contribution < -0.4 is 10.2 Å². The van der Waals surface area contributed by atoms with Crippen LogP contribution in [0.5, 0.6) is 0 Å². The van der Waals surface area contributed by atoms with Crippen LogP contribution in [0.1, 0.15) is 13.8 Å². The molecule has 0 unspecified atom stereocenters. The summed E-state index contributed by atoms with van der Waals surface area (Å²) < 4.78 is 11.3. The summed E-state index contributed by atoms with van der Waals surface area (Å²) in [5.74, 6) is 0.759. The van der Waals surface area contributed by atoms with Crippen molar-refractivity contribution in [3.8, 4) is 0 Å². The van der Waals surface area contributed by atoms with Gasteiger partial charge in [-0.3, -0.25) is 4.58 Å². The van der Waals surface area contributed by atoms with Gasteiger partial charge >= 0.3 is 5.96 Å². The van der Waals surface area contributed by atoms with E-state index in [1.54, 1.807) is 4.90 Å². The number of hydrogen-bond acceptors (Lipinski definition) is 2. The van der Waals surface area contributed by atoms with E-state index in [0.29, 0.717) is 5.29 Å². The molecule has 1 aromatic rings. The fourth-order valence-electron chi connectivity index (χ4n) is 1.54. The van der Waals surface area contributed by atoms with E-state index < -0.39 is 6.07 Å². The highest BCUT2D eigenvalue weighted by Gasteiger charge is 2.14. The van der Waals surface area contributed by atoms with Crippen molar-refractivity contribution in [2.75, 3.05) is 32.5 Å². The van der Waals surface area contributed by atoms with E-state index in [0.717, 1.165) is 24.7 Å². The Hall–Kier alpha value is -0.780. The summed E-state index contributed by atoms with van der Waals surface area (Å²) in [6.45, 7) is 5.92. The van der Waals surface area contributed by atoms with Gasteiger partial charge in [-0.2, -0.15) is 0 Å². The van der Waals surface area contributed by atoms with E-state index in [1.165, 1.54) is 0 Å². The van der Waals surface area contributed by atoms with Crippen molar-refractivity contribution in [2.24, 2.45) is 4.99 Å². The molecule has 0 amide bonds. The largest absolute Gasteiger partial charge is 0.776 e. The van der Waals surface area contributed by atoms with Crippen LogP contribution in [0, 0.1) is 0 Å². The molecule has 0 heterocycles. The van der Waals surface area contributed by atoms with Gasteiger partial charge in [0.2, 0.25) is 0 Å². The maximum atomic E-state index is 9.19. The highest BCUT2D eigenvalue weighted by molar-refractivity contribution is 8.03. The van der Waals surface area contributed by atoms with Crippen molar-refractivity contribution in [3.63, 3.8) is 0 Å². The Balaban J connectivity index is 0.000000922. The Morgan fingerprint density at radius 2 is 1.71 bits per heavy atom. The summed E-state index contributed by atoms with van der Waals surface area (Å²) in [6.07, 6.45) is -3.94. The third-order valence-corrected chi connectivity index (χ3v) is 3.08. The van der Waals surface area contributed by atoms with Crippen molar-refractivity contribution in [2.45, 2.75) is 13.8 Å². The molecule has 1 rings (SSSR count). The van der Waals surface area contributed by atoms with Gasteiger partial charge in [-0.15, -0.1) is 0 Å². The Labute approximate surface area is 157 Å². The van der Waals surface area contributed by atoms with Crippen LogP contribution in [0.25, 0.3) is 0 Å². The molecule has 10 heteroatoms. The minimum Gasteiger partial charge on any atom is -0.776 e. The van der Waals surface area contributed by atoms with Crippen molar-refractivity contribution in [3.05, 3.63) is 30.3 Å². The van der Waals surface area contributed by atoms with Crippen LogP contribution in [0.4, 0.5) is 5.69 Å². The van der Waals surface area contributed by atoms with Crippen LogP contribution in [-0.2, 0) is 4.57 Å². The average Bonchev–Trinajstić information content (AvgIpc) is 2.47. The Kier molecular flexibility index (Phi) is 11.3. The van der Waals surface area contributed by atoms with Crippen LogP contribution >= 0.6 is 40.2 Å². The molecule has 0 saturated carbocycles. The molecule has 0 aliphatic rings. The van der Waals surface area contributed by atoms with E-state index in [9.17, 15) is 9.46 Å². The summed E-state index contributed by atoms with van der Waals surface area (Å²) in [4.78, 5) is 15.4. The molecule has 6 nitrogen and oxygen atoms in total. The number of benzene rings is 1. The first-order valence-corrected chi connectivity index (χ1v) is 11.0. The standard InChI is InChI=1S/C14H21ClN4.Cl2HO2P/c1-5-19(6-2)14(17-13(15)18(3)4)16-12-10-8-7-9-11-12;1-5(2,3)4/h7-11H,5-6H2,1-4H3;(H,3,4)/b17-13+;. The molecule has 0 spiro atoms. The van der Waals surface area contributed by atoms with Crippen LogP contribution in [0.2, 0.25) is 0 Å². The van der Waals surface area contributed by atoms with Crippen molar-refractivity contribution < 1.29 is 14.0 Å². The molecular weight excluding hydrogens is 394 g/mol. The van der Waals surface area contributed by atoms with Crippen LogP contribution in [-0.4, -0.2) is 47.9 Å². The minimum atomic E-state index is -3.94. The van der Waals surface area contributed by atoms with Gasteiger partial charge in [0.1, 0.15) is 0 Å². The molecule has 0 fully saturated rings. The molecular formula is C14H22Cl3N4O2P. The zero-order valence-electron chi connectivity index (χ0n) is 14.0. The normalized spacial score (nSPS) is 11.2. The zero-order chi connectivity index (χ0) is 18.8. The molecule has 0 aliphatic carbocycles. The number of halogens is 3. The van der Waals surface area contributed by atoms with Gasteiger partial charge in [0, 0.05) is 14.1 Å². The lowest BCUT2D eigenvalue weighted by Crippen LogP contribution is -2.29. The molecule has 0 bridgehead atoms. The summed E-state index contributed by atoms with van der Waals surface area (Å²) >= 11 is 14.7. The second-order valence-electron chi connectivity index (χ2n) is 4.68. The minimum absolute atomic E-state index is 0.449. The number of nitrogens with zero attached hydrogens (tertiary/aromatic N) is 3. The summed E-state index contributed by atoms with van der Waals surface area (Å²) in [6, 6.07) is 9.96. The predicted octanol–water partition coefficient (Wildman–Crippen LogP) is 3.60. The van der Waals surface area contributed by atoms with Gasteiger partial charge in [0.15, 0.2) is 6.07 Å².